The molecule has 4 rings (SSSR count). The Morgan fingerprint density at radius 2 is 1.68 bits per heavy atom. The normalized spacial score (nSPS) is 17.1. The van der Waals surface area contributed by atoms with E-state index >= 15 is 0 Å². The van der Waals surface area contributed by atoms with Crippen LogP contribution in [0.25, 0.3) is 11.0 Å². The van der Waals surface area contributed by atoms with E-state index < -0.39 is 0 Å². The molecule has 0 N–H and O–H groups in total. The highest BCUT2D eigenvalue weighted by molar-refractivity contribution is 7.99. The standard InChI is InChI=1S/C18H19N3S/c1-2-8-15(9-3-1)14-22-18(12-6-7-13-18)21-17-11-5-4-10-16(17)19-20-21/h1-5,8-11H,6-7,12-14H2. The third-order valence-electron chi connectivity index (χ3n) is 4.47. The number of nitrogens with zero attached hydrogens (tertiary/aromatic N) is 3. The molecule has 22 heavy (non-hydrogen) atoms. The molecular weight excluding hydrogens is 290 g/mol. The van der Waals surface area contributed by atoms with Gasteiger partial charge in [0.2, 0.25) is 0 Å². The summed E-state index contributed by atoms with van der Waals surface area (Å²) in [7, 11) is 0. The number of hydrogen-bond acceptors (Lipinski definition) is 3. The second kappa shape index (κ2) is 5.76. The van der Waals surface area contributed by atoms with Crippen LogP contribution < -0.4 is 0 Å². The molecule has 4 heteroatoms. The summed E-state index contributed by atoms with van der Waals surface area (Å²) in [6.07, 6.45) is 4.90. The first-order chi connectivity index (χ1) is 10.9. The first kappa shape index (κ1) is 13.8. The maximum atomic E-state index is 4.51. The quantitative estimate of drug-likeness (QED) is 0.706. The molecule has 3 nitrogen and oxygen atoms in total. The van der Waals surface area contributed by atoms with Crippen molar-refractivity contribution >= 4 is 22.8 Å². The van der Waals surface area contributed by atoms with Gasteiger partial charge in [-0.3, -0.25) is 0 Å². The van der Waals surface area contributed by atoms with Crippen LogP contribution in [0.15, 0.2) is 54.6 Å². The van der Waals surface area contributed by atoms with Gasteiger partial charge in [-0.05, 0) is 30.5 Å². The van der Waals surface area contributed by atoms with Crippen molar-refractivity contribution in [2.45, 2.75) is 36.3 Å². The third kappa shape index (κ3) is 2.41. The molecule has 112 valence electrons. The maximum absolute atomic E-state index is 4.51. The number of fused-ring (bicyclic) bond motifs is 1. The van der Waals surface area contributed by atoms with Gasteiger partial charge >= 0.3 is 0 Å². The topological polar surface area (TPSA) is 30.7 Å². The molecule has 1 aliphatic rings. The smallest absolute Gasteiger partial charge is 0.113 e. The first-order valence-electron chi connectivity index (χ1n) is 7.86. The summed E-state index contributed by atoms with van der Waals surface area (Å²) < 4.78 is 2.18. The Bertz CT molecular complexity index is 760. The van der Waals surface area contributed by atoms with Crippen LogP contribution in [0, 0.1) is 0 Å². The minimum absolute atomic E-state index is 0.0615. The van der Waals surface area contributed by atoms with Crippen molar-refractivity contribution in [2.75, 3.05) is 0 Å². The molecule has 1 fully saturated rings. The molecule has 0 spiro atoms. The van der Waals surface area contributed by atoms with Crippen LogP contribution in [0.5, 0.6) is 0 Å². The molecule has 2 aromatic carbocycles. The fourth-order valence-electron chi connectivity index (χ4n) is 3.31. The second-order valence-corrected chi connectivity index (χ2v) is 7.25. The summed E-state index contributed by atoms with van der Waals surface area (Å²) in [6, 6.07) is 19.0. The lowest BCUT2D eigenvalue weighted by molar-refractivity contribution is 0.414. The molecule has 1 aliphatic carbocycles. The van der Waals surface area contributed by atoms with Gasteiger partial charge in [0.25, 0.3) is 0 Å². The molecule has 0 atom stereocenters. The zero-order chi connectivity index (χ0) is 14.8. The predicted molar refractivity (Wildman–Crippen MR) is 91.7 cm³/mol. The lowest BCUT2D eigenvalue weighted by Crippen LogP contribution is -2.28. The number of thioether (sulfide) groups is 1. The van der Waals surface area contributed by atoms with Crippen LogP contribution in [0.4, 0.5) is 0 Å². The molecular formula is C18H19N3S. The maximum Gasteiger partial charge on any atom is 0.113 e. The van der Waals surface area contributed by atoms with Gasteiger partial charge in [0, 0.05) is 5.75 Å². The Morgan fingerprint density at radius 3 is 2.50 bits per heavy atom. The van der Waals surface area contributed by atoms with Crippen LogP contribution in [0.3, 0.4) is 0 Å². The molecule has 0 bridgehead atoms. The van der Waals surface area contributed by atoms with Gasteiger partial charge in [-0.2, -0.15) is 0 Å². The van der Waals surface area contributed by atoms with Crippen molar-refractivity contribution in [3.8, 4) is 0 Å². The van der Waals surface area contributed by atoms with E-state index in [0.717, 1.165) is 16.8 Å². The summed E-state index contributed by atoms with van der Waals surface area (Å²) in [5.74, 6) is 1.02. The highest BCUT2D eigenvalue weighted by Crippen LogP contribution is 2.47. The molecule has 0 unspecified atom stereocenters. The predicted octanol–water partition coefficient (Wildman–Crippen LogP) is 4.59. The number of benzene rings is 2. The van der Waals surface area contributed by atoms with Gasteiger partial charge < -0.3 is 0 Å². The van der Waals surface area contributed by atoms with Crippen LogP contribution >= 0.6 is 11.8 Å². The Labute approximate surface area is 134 Å². The van der Waals surface area contributed by atoms with E-state index in [1.807, 2.05) is 23.9 Å². The van der Waals surface area contributed by atoms with Crippen molar-refractivity contribution in [1.29, 1.82) is 0 Å². The molecule has 0 saturated heterocycles. The molecule has 0 radical (unpaired) electrons. The van der Waals surface area contributed by atoms with Crippen molar-refractivity contribution in [3.63, 3.8) is 0 Å². The highest BCUT2D eigenvalue weighted by Gasteiger charge is 2.38. The fraction of sp³-hybridized carbons (Fsp3) is 0.333. The van der Waals surface area contributed by atoms with Crippen LogP contribution in [-0.4, -0.2) is 15.0 Å². The Morgan fingerprint density at radius 1 is 0.955 bits per heavy atom. The van der Waals surface area contributed by atoms with Crippen molar-refractivity contribution < 1.29 is 0 Å². The first-order valence-corrected chi connectivity index (χ1v) is 8.85. The Kier molecular flexibility index (Phi) is 3.62. The van der Waals surface area contributed by atoms with Gasteiger partial charge in [0.15, 0.2) is 0 Å². The zero-order valence-electron chi connectivity index (χ0n) is 12.5. The van der Waals surface area contributed by atoms with E-state index in [-0.39, 0.29) is 4.87 Å². The Hall–Kier alpha value is -1.81. The summed E-state index contributed by atoms with van der Waals surface area (Å²) >= 11 is 2.02. The fourth-order valence-corrected chi connectivity index (χ4v) is 4.77. The summed E-state index contributed by atoms with van der Waals surface area (Å²) in [6.45, 7) is 0. The van der Waals surface area contributed by atoms with Gasteiger partial charge in [-0.15, -0.1) is 16.9 Å². The van der Waals surface area contributed by atoms with E-state index in [4.69, 9.17) is 0 Å². The number of aromatic nitrogens is 3. The van der Waals surface area contributed by atoms with Crippen molar-refractivity contribution in [1.82, 2.24) is 15.0 Å². The number of rotatable bonds is 4. The lowest BCUT2D eigenvalue weighted by Gasteiger charge is -2.29. The third-order valence-corrected chi connectivity index (χ3v) is 6.07. The van der Waals surface area contributed by atoms with Gasteiger partial charge in [-0.1, -0.05) is 60.5 Å². The number of hydrogen-bond donors (Lipinski definition) is 0. The second-order valence-electron chi connectivity index (χ2n) is 5.92. The van der Waals surface area contributed by atoms with Crippen LogP contribution in [-0.2, 0) is 10.6 Å². The van der Waals surface area contributed by atoms with Crippen molar-refractivity contribution in [3.05, 3.63) is 60.2 Å². The monoisotopic (exact) mass is 309 g/mol. The van der Waals surface area contributed by atoms with E-state index in [1.54, 1.807) is 0 Å². The molecule has 1 aromatic heterocycles. The molecule has 0 aliphatic heterocycles. The van der Waals surface area contributed by atoms with Gasteiger partial charge in [-0.25, -0.2) is 4.68 Å². The molecule has 3 aromatic rings. The average molecular weight is 309 g/mol. The van der Waals surface area contributed by atoms with E-state index in [1.165, 1.54) is 31.2 Å². The van der Waals surface area contributed by atoms with E-state index in [0.29, 0.717) is 0 Å². The van der Waals surface area contributed by atoms with Crippen LogP contribution in [0.1, 0.15) is 31.2 Å². The van der Waals surface area contributed by atoms with Gasteiger partial charge in [0.1, 0.15) is 10.4 Å². The van der Waals surface area contributed by atoms with Crippen molar-refractivity contribution in [2.24, 2.45) is 0 Å². The zero-order valence-corrected chi connectivity index (χ0v) is 13.3. The minimum atomic E-state index is 0.0615. The molecule has 1 heterocycles. The highest BCUT2D eigenvalue weighted by atomic mass is 32.2. The molecule has 0 amide bonds. The summed E-state index contributed by atoms with van der Waals surface area (Å²) in [5, 5.41) is 8.87. The number of para-hydroxylation sites is 1. The summed E-state index contributed by atoms with van der Waals surface area (Å²) in [5.41, 5.74) is 3.53. The van der Waals surface area contributed by atoms with Gasteiger partial charge in [0.05, 0.1) is 5.52 Å². The lowest BCUT2D eigenvalue weighted by atomic mass is 10.2. The molecule has 1 saturated carbocycles. The van der Waals surface area contributed by atoms with E-state index in [9.17, 15) is 0 Å². The van der Waals surface area contributed by atoms with E-state index in [2.05, 4.69) is 57.5 Å². The average Bonchev–Trinajstić information content (AvgIpc) is 3.21. The van der Waals surface area contributed by atoms with Crippen LogP contribution in [0.2, 0.25) is 0 Å². The SMILES string of the molecule is c1ccc(CSC2(n3nnc4ccccc43)CCCC2)cc1. The largest absolute Gasteiger partial charge is 0.229 e. The summed E-state index contributed by atoms with van der Waals surface area (Å²) in [4.78, 5) is 0.0615. The Balaban J connectivity index is 1.68. The minimum Gasteiger partial charge on any atom is -0.229 e.